The normalized spacial score (nSPS) is 16.1. The Kier molecular flexibility index (Phi) is 3.74. The number of hydrogen-bond donors (Lipinski definition) is 0. The van der Waals surface area contributed by atoms with E-state index in [1.807, 2.05) is 12.1 Å². The molecule has 0 bridgehead atoms. The van der Waals surface area contributed by atoms with Crippen molar-refractivity contribution in [2.24, 2.45) is 5.92 Å². The average molecular weight is 284 g/mol. The van der Waals surface area contributed by atoms with Gasteiger partial charge in [0.05, 0.1) is 12.8 Å². The van der Waals surface area contributed by atoms with E-state index in [1.54, 1.807) is 7.11 Å². The van der Waals surface area contributed by atoms with Crippen molar-refractivity contribution in [1.29, 1.82) is 0 Å². The van der Waals surface area contributed by atoms with Crippen LogP contribution in [0, 0.1) is 5.92 Å². The molecule has 0 saturated carbocycles. The average Bonchev–Trinajstić information content (AvgIpc) is 2.23. The van der Waals surface area contributed by atoms with Gasteiger partial charge in [-0.2, -0.15) is 0 Å². The Morgan fingerprint density at radius 2 is 2.19 bits per heavy atom. The van der Waals surface area contributed by atoms with E-state index < -0.39 is 0 Å². The maximum atomic E-state index is 5.39. The smallest absolute Gasteiger partial charge is 0.142 e. The van der Waals surface area contributed by atoms with Crippen LogP contribution < -0.4 is 9.64 Å². The fraction of sp³-hybridized carbons (Fsp3) is 0.538. The van der Waals surface area contributed by atoms with Crippen molar-refractivity contribution in [2.45, 2.75) is 19.8 Å². The van der Waals surface area contributed by atoms with Crippen LogP contribution in [0.25, 0.3) is 0 Å². The summed E-state index contributed by atoms with van der Waals surface area (Å²) in [7, 11) is 1.73. The van der Waals surface area contributed by atoms with Gasteiger partial charge in [-0.15, -0.1) is 0 Å². The molecule has 0 N–H and O–H groups in total. The van der Waals surface area contributed by atoms with Crippen molar-refractivity contribution in [3.63, 3.8) is 0 Å². The third-order valence-corrected chi connectivity index (χ3v) is 3.63. The predicted molar refractivity (Wildman–Crippen MR) is 71.3 cm³/mol. The van der Waals surface area contributed by atoms with Gasteiger partial charge in [-0.25, -0.2) is 0 Å². The maximum Gasteiger partial charge on any atom is 0.142 e. The summed E-state index contributed by atoms with van der Waals surface area (Å²) in [5, 5.41) is 0. The molecule has 1 heterocycles. The summed E-state index contributed by atoms with van der Waals surface area (Å²) in [6.45, 7) is 4.59. The van der Waals surface area contributed by atoms with Crippen molar-refractivity contribution < 1.29 is 4.74 Å². The Hall–Kier alpha value is -0.700. The van der Waals surface area contributed by atoms with Gasteiger partial charge >= 0.3 is 0 Å². The topological polar surface area (TPSA) is 12.5 Å². The monoisotopic (exact) mass is 283 g/mol. The summed E-state index contributed by atoms with van der Waals surface area (Å²) >= 11 is 3.51. The Morgan fingerprint density at radius 3 is 2.81 bits per heavy atom. The lowest BCUT2D eigenvalue weighted by molar-refractivity contribution is 0.368. The van der Waals surface area contributed by atoms with Crippen LogP contribution >= 0.6 is 15.9 Å². The molecule has 1 aliphatic rings. The Labute approximate surface area is 106 Å². The fourth-order valence-corrected chi connectivity index (χ4v) is 2.62. The third kappa shape index (κ3) is 2.34. The van der Waals surface area contributed by atoms with Gasteiger partial charge in [-0.3, -0.25) is 0 Å². The number of hydrogen-bond acceptors (Lipinski definition) is 2. The lowest BCUT2D eigenvalue weighted by atomic mass is 9.94. The van der Waals surface area contributed by atoms with Crippen LogP contribution in [-0.4, -0.2) is 20.2 Å². The molecule has 16 heavy (non-hydrogen) atoms. The second-order valence-corrected chi connectivity index (χ2v) is 5.29. The molecular weight excluding hydrogens is 266 g/mol. The molecule has 0 amide bonds. The molecule has 0 aliphatic carbocycles. The van der Waals surface area contributed by atoms with Gasteiger partial charge in [-0.1, -0.05) is 29.3 Å². The second-order valence-electron chi connectivity index (χ2n) is 4.38. The molecule has 2 nitrogen and oxygen atoms in total. The zero-order chi connectivity index (χ0) is 11.5. The number of anilines is 1. The van der Waals surface area contributed by atoms with Crippen LogP contribution in [0.5, 0.6) is 5.75 Å². The zero-order valence-electron chi connectivity index (χ0n) is 9.87. The van der Waals surface area contributed by atoms with Gasteiger partial charge in [0.15, 0.2) is 0 Å². The van der Waals surface area contributed by atoms with E-state index in [9.17, 15) is 0 Å². The number of methoxy groups -OCH3 is 1. The van der Waals surface area contributed by atoms with Gasteiger partial charge < -0.3 is 9.64 Å². The van der Waals surface area contributed by atoms with E-state index in [1.165, 1.54) is 31.6 Å². The summed E-state index contributed by atoms with van der Waals surface area (Å²) in [6, 6.07) is 6.18. The van der Waals surface area contributed by atoms with Crippen LogP contribution in [0.1, 0.15) is 19.8 Å². The fourth-order valence-electron chi connectivity index (χ4n) is 2.27. The first-order valence-corrected chi connectivity index (χ1v) is 6.62. The molecule has 1 aliphatic heterocycles. The highest BCUT2D eigenvalue weighted by molar-refractivity contribution is 9.10. The van der Waals surface area contributed by atoms with Crippen molar-refractivity contribution in [1.82, 2.24) is 0 Å². The van der Waals surface area contributed by atoms with Crippen molar-refractivity contribution >= 4 is 21.6 Å². The number of rotatable bonds is 4. The first-order valence-electron chi connectivity index (χ1n) is 5.83. The standard InChI is InChI=1S/C13H18BrNO/c1-3-4-10-8-15(9-10)12-7-11(14)5-6-13(12)16-2/h5-7,10H,3-4,8-9H2,1-2H3. The van der Waals surface area contributed by atoms with Gasteiger partial charge in [0.1, 0.15) is 5.75 Å². The first kappa shape index (κ1) is 11.8. The van der Waals surface area contributed by atoms with Crippen LogP contribution in [-0.2, 0) is 0 Å². The lowest BCUT2D eigenvalue weighted by Gasteiger charge is -2.41. The zero-order valence-corrected chi connectivity index (χ0v) is 11.5. The molecule has 0 radical (unpaired) electrons. The molecule has 3 heteroatoms. The van der Waals surface area contributed by atoms with Gasteiger partial charge in [-0.05, 0) is 30.5 Å². The number of nitrogens with zero attached hydrogens (tertiary/aromatic N) is 1. The molecule has 1 fully saturated rings. The molecular formula is C13H18BrNO. The van der Waals surface area contributed by atoms with Crippen molar-refractivity contribution in [3.8, 4) is 5.75 Å². The lowest BCUT2D eigenvalue weighted by Crippen LogP contribution is -2.46. The van der Waals surface area contributed by atoms with Crippen LogP contribution in [0.4, 0.5) is 5.69 Å². The molecule has 2 rings (SSSR count). The molecule has 0 unspecified atom stereocenters. The molecule has 1 aromatic carbocycles. The largest absolute Gasteiger partial charge is 0.495 e. The van der Waals surface area contributed by atoms with E-state index >= 15 is 0 Å². The summed E-state index contributed by atoms with van der Waals surface area (Å²) < 4.78 is 6.50. The van der Waals surface area contributed by atoms with Crippen LogP contribution in [0.15, 0.2) is 22.7 Å². The van der Waals surface area contributed by atoms with Crippen molar-refractivity contribution in [2.75, 3.05) is 25.1 Å². The summed E-state index contributed by atoms with van der Waals surface area (Å²) in [4.78, 5) is 2.39. The second kappa shape index (κ2) is 5.09. The minimum absolute atomic E-state index is 0.869. The Morgan fingerprint density at radius 1 is 1.44 bits per heavy atom. The minimum atomic E-state index is 0.869. The molecule has 0 spiro atoms. The number of benzene rings is 1. The quantitative estimate of drug-likeness (QED) is 0.836. The Bertz CT molecular complexity index is 361. The summed E-state index contributed by atoms with van der Waals surface area (Å²) in [6.07, 6.45) is 2.63. The molecule has 1 saturated heterocycles. The van der Waals surface area contributed by atoms with E-state index in [0.717, 1.165) is 16.1 Å². The van der Waals surface area contributed by atoms with E-state index in [-0.39, 0.29) is 0 Å². The van der Waals surface area contributed by atoms with Crippen molar-refractivity contribution in [3.05, 3.63) is 22.7 Å². The van der Waals surface area contributed by atoms with E-state index in [2.05, 4.69) is 33.8 Å². The number of ether oxygens (including phenoxy) is 1. The highest BCUT2D eigenvalue weighted by Crippen LogP contribution is 2.36. The Balaban J connectivity index is 2.07. The number of halogens is 1. The first-order chi connectivity index (χ1) is 7.74. The molecule has 0 atom stereocenters. The van der Waals surface area contributed by atoms with Gasteiger partial charge in [0.25, 0.3) is 0 Å². The van der Waals surface area contributed by atoms with Crippen LogP contribution in [0.3, 0.4) is 0 Å². The van der Waals surface area contributed by atoms with E-state index in [4.69, 9.17) is 4.74 Å². The molecule has 1 aromatic rings. The highest BCUT2D eigenvalue weighted by Gasteiger charge is 2.27. The highest BCUT2D eigenvalue weighted by atomic mass is 79.9. The SMILES string of the molecule is CCCC1CN(c2cc(Br)ccc2OC)C1. The molecule has 88 valence electrons. The minimum Gasteiger partial charge on any atom is -0.495 e. The third-order valence-electron chi connectivity index (χ3n) is 3.14. The summed E-state index contributed by atoms with van der Waals surface area (Å²) in [5.74, 6) is 1.84. The predicted octanol–water partition coefficient (Wildman–Crippen LogP) is 3.69. The van der Waals surface area contributed by atoms with Gasteiger partial charge in [0, 0.05) is 17.6 Å². The van der Waals surface area contributed by atoms with Gasteiger partial charge in [0.2, 0.25) is 0 Å². The molecule has 0 aromatic heterocycles. The maximum absolute atomic E-state index is 5.39. The van der Waals surface area contributed by atoms with Crippen LogP contribution in [0.2, 0.25) is 0 Å². The van der Waals surface area contributed by atoms with E-state index in [0.29, 0.717) is 0 Å². The summed E-state index contributed by atoms with van der Waals surface area (Å²) in [5.41, 5.74) is 1.21.